The minimum absolute atomic E-state index is 0.298. The Morgan fingerprint density at radius 3 is 2.83 bits per heavy atom. The molecular formula is C14H13BrFNO. The van der Waals surface area contributed by atoms with Crippen molar-refractivity contribution in [3.8, 4) is 0 Å². The molecular weight excluding hydrogens is 297 g/mol. The Morgan fingerprint density at radius 2 is 2.17 bits per heavy atom. The van der Waals surface area contributed by atoms with Crippen LogP contribution in [0.5, 0.6) is 0 Å². The Hall–Kier alpha value is -1.26. The third kappa shape index (κ3) is 2.94. The predicted octanol–water partition coefficient (Wildman–Crippen LogP) is 3.57. The fourth-order valence-corrected chi connectivity index (χ4v) is 2.28. The van der Waals surface area contributed by atoms with Crippen LogP contribution in [0.3, 0.4) is 0 Å². The molecule has 0 radical (unpaired) electrons. The number of hydrogen-bond acceptors (Lipinski definition) is 2. The molecule has 1 atom stereocenters. The first kappa shape index (κ1) is 13.2. The number of aryl methyl sites for hydroxylation is 1. The minimum Gasteiger partial charge on any atom is -0.388 e. The van der Waals surface area contributed by atoms with E-state index in [1.807, 2.05) is 6.92 Å². The summed E-state index contributed by atoms with van der Waals surface area (Å²) in [6.45, 7) is 1.91. The van der Waals surface area contributed by atoms with Crippen LogP contribution in [0.25, 0.3) is 0 Å². The van der Waals surface area contributed by atoms with Crippen LogP contribution in [-0.2, 0) is 6.42 Å². The molecule has 0 saturated carbocycles. The molecule has 0 spiro atoms. The number of hydrogen-bond donors (Lipinski definition) is 1. The maximum Gasteiger partial charge on any atom is 0.137 e. The van der Waals surface area contributed by atoms with Crippen LogP contribution < -0.4 is 0 Å². The summed E-state index contributed by atoms with van der Waals surface area (Å²) < 4.78 is 13.5. The molecule has 0 aliphatic rings. The molecule has 2 rings (SSSR count). The van der Waals surface area contributed by atoms with Crippen LogP contribution in [0, 0.1) is 12.7 Å². The van der Waals surface area contributed by atoms with E-state index in [1.165, 1.54) is 6.07 Å². The zero-order valence-electron chi connectivity index (χ0n) is 9.90. The topological polar surface area (TPSA) is 33.1 Å². The predicted molar refractivity (Wildman–Crippen MR) is 71.7 cm³/mol. The standard InChI is InChI=1S/C14H13BrFNO/c1-9-8-17-5-4-11(9)14(18)7-10-2-3-13(16)12(15)6-10/h2-6,8,14,18H,7H2,1H3. The van der Waals surface area contributed by atoms with Gasteiger partial charge in [-0.05, 0) is 57.7 Å². The van der Waals surface area contributed by atoms with Gasteiger partial charge in [0, 0.05) is 18.8 Å². The van der Waals surface area contributed by atoms with Crippen molar-refractivity contribution in [1.29, 1.82) is 0 Å². The number of rotatable bonds is 3. The van der Waals surface area contributed by atoms with Crippen LogP contribution >= 0.6 is 15.9 Å². The van der Waals surface area contributed by atoms with Gasteiger partial charge in [-0.15, -0.1) is 0 Å². The maximum atomic E-state index is 13.1. The van der Waals surface area contributed by atoms with E-state index in [0.29, 0.717) is 10.9 Å². The van der Waals surface area contributed by atoms with Gasteiger partial charge < -0.3 is 5.11 Å². The number of aromatic nitrogens is 1. The smallest absolute Gasteiger partial charge is 0.137 e. The lowest BCUT2D eigenvalue weighted by Crippen LogP contribution is -2.04. The molecule has 1 heterocycles. The van der Waals surface area contributed by atoms with Crippen molar-refractivity contribution in [3.63, 3.8) is 0 Å². The van der Waals surface area contributed by atoms with E-state index < -0.39 is 6.10 Å². The molecule has 2 nitrogen and oxygen atoms in total. The Labute approximate surface area is 114 Å². The van der Waals surface area contributed by atoms with Crippen LogP contribution in [0.2, 0.25) is 0 Å². The first-order chi connectivity index (χ1) is 8.58. The van der Waals surface area contributed by atoms with Gasteiger partial charge >= 0.3 is 0 Å². The molecule has 4 heteroatoms. The fraction of sp³-hybridized carbons (Fsp3) is 0.214. The van der Waals surface area contributed by atoms with Crippen LogP contribution in [0.1, 0.15) is 22.8 Å². The lowest BCUT2D eigenvalue weighted by atomic mass is 9.99. The zero-order chi connectivity index (χ0) is 13.1. The molecule has 0 aliphatic carbocycles. The molecule has 0 fully saturated rings. The SMILES string of the molecule is Cc1cnccc1C(O)Cc1ccc(F)c(Br)c1. The summed E-state index contributed by atoms with van der Waals surface area (Å²) in [6, 6.07) is 6.57. The van der Waals surface area contributed by atoms with Crippen LogP contribution in [-0.4, -0.2) is 10.1 Å². The lowest BCUT2D eigenvalue weighted by Gasteiger charge is -2.13. The first-order valence-corrected chi connectivity index (χ1v) is 6.39. The molecule has 94 valence electrons. The van der Waals surface area contributed by atoms with Crippen molar-refractivity contribution in [1.82, 2.24) is 4.98 Å². The lowest BCUT2D eigenvalue weighted by molar-refractivity contribution is 0.177. The van der Waals surface area contributed by atoms with E-state index in [-0.39, 0.29) is 5.82 Å². The van der Waals surface area contributed by atoms with E-state index in [1.54, 1.807) is 30.6 Å². The highest BCUT2D eigenvalue weighted by Crippen LogP contribution is 2.23. The number of aliphatic hydroxyl groups excluding tert-OH is 1. The molecule has 2 aromatic rings. The van der Waals surface area contributed by atoms with Crippen LogP contribution in [0.15, 0.2) is 41.1 Å². The van der Waals surface area contributed by atoms with E-state index >= 15 is 0 Å². The number of aliphatic hydroxyl groups is 1. The molecule has 1 unspecified atom stereocenters. The highest BCUT2D eigenvalue weighted by molar-refractivity contribution is 9.10. The quantitative estimate of drug-likeness (QED) is 0.940. The normalized spacial score (nSPS) is 12.4. The summed E-state index contributed by atoms with van der Waals surface area (Å²) in [6.07, 6.45) is 3.22. The molecule has 1 aromatic heterocycles. The van der Waals surface area contributed by atoms with E-state index in [9.17, 15) is 9.50 Å². The van der Waals surface area contributed by atoms with Gasteiger partial charge in [-0.1, -0.05) is 6.07 Å². The second kappa shape index (κ2) is 5.59. The summed E-state index contributed by atoms with van der Waals surface area (Å²) in [4.78, 5) is 3.99. The molecule has 0 bridgehead atoms. The molecule has 0 amide bonds. The molecule has 0 aliphatic heterocycles. The van der Waals surface area contributed by atoms with Gasteiger partial charge in [-0.25, -0.2) is 4.39 Å². The average molecular weight is 310 g/mol. The Morgan fingerprint density at radius 1 is 1.39 bits per heavy atom. The van der Waals surface area contributed by atoms with E-state index in [4.69, 9.17) is 0 Å². The van der Waals surface area contributed by atoms with Crippen molar-refractivity contribution < 1.29 is 9.50 Å². The average Bonchev–Trinajstić information content (AvgIpc) is 2.34. The molecule has 1 N–H and O–H groups in total. The van der Waals surface area contributed by atoms with Crippen molar-refractivity contribution in [2.45, 2.75) is 19.4 Å². The van der Waals surface area contributed by atoms with Gasteiger partial charge in [0.05, 0.1) is 10.6 Å². The zero-order valence-corrected chi connectivity index (χ0v) is 11.5. The van der Waals surface area contributed by atoms with Crippen LogP contribution in [0.4, 0.5) is 4.39 Å². The fourth-order valence-electron chi connectivity index (χ4n) is 1.86. The summed E-state index contributed by atoms with van der Waals surface area (Å²) in [5, 5.41) is 10.2. The van der Waals surface area contributed by atoms with Crippen molar-refractivity contribution in [2.24, 2.45) is 0 Å². The number of halogens is 2. The van der Waals surface area contributed by atoms with Gasteiger partial charge in [0.2, 0.25) is 0 Å². The van der Waals surface area contributed by atoms with Crippen molar-refractivity contribution >= 4 is 15.9 Å². The second-order valence-corrected chi connectivity index (χ2v) is 5.05. The van der Waals surface area contributed by atoms with Gasteiger partial charge in [-0.3, -0.25) is 4.98 Å². The summed E-state index contributed by atoms with van der Waals surface area (Å²) >= 11 is 3.14. The second-order valence-electron chi connectivity index (χ2n) is 4.20. The van der Waals surface area contributed by atoms with Crippen molar-refractivity contribution in [2.75, 3.05) is 0 Å². The Balaban J connectivity index is 2.19. The first-order valence-electron chi connectivity index (χ1n) is 5.60. The maximum absolute atomic E-state index is 13.1. The van der Waals surface area contributed by atoms with Gasteiger partial charge in [-0.2, -0.15) is 0 Å². The number of benzene rings is 1. The van der Waals surface area contributed by atoms with Gasteiger partial charge in [0.25, 0.3) is 0 Å². The summed E-state index contributed by atoms with van der Waals surface area (Å²) in [5.74, 6) is -0.298. The highest BCUT2D eigenvalue weighted by Gasteiger charge is 2.12. The van der Waals surface area contributed by atoms with Gasteiger partial charge in [0.1, 0.15) is 5.82 Å². The largest absolute Gasteiger partial charge is 0.388 e. The molecule has 0 saturated heterocycles. The third-order valence-corrected chi connectivity index (χ3v) is 3.44. The molecule has 18 heavy (non-hydrogen) atoms. The van der Waals surface area contributed by atoms with E-state index in [0.717, 1.165) is 16.7 Å². The third-order valence-electron chi connectivity index (χ3n) is 2.84. The minimum atomic E-state index is -0.606. The number of nitrogens with zero attached hydrogens (tertiary/aromatic N) is 1. The summed E-state index contributed by atoms with van der Waals surface area (Å²) in [5.41, 5.74) is 2.68. The van der Waals surface area contributed by atoms with Gasteiger partial charge in [0.15, 0.2) is 0 Å². The Kier molecular flexibility index (Phi) is 4.09. The highest BCUT2D eigenvalue weighted by atomic mass is 79.9. The Bertz CT molecular complexity index is 559. The van der Waals surface area contributed by atoms with E-state index in [2.05, 4.69) is 20.9 Å². The molecule has 1 aromatic carbocycles. The number of pyridine rings is 1. The summed E-state index contributed by atoms with van der Waals surface area (Å²) in [7, 11) is 0. The monoisotopic (exact) mass is 309 g/mol. The van der Waals surface area contributed by atoms with Crippen molar-refractivity contribution in [3.05, 3.63) is 63.6 Å².